The van der Waals surface area contributed by atoms with Gasteiger partial charge in [0, 0.05) is 14.1 Å². The molecule has 0 aliphatic heterocycles. The highest BCUT2D eigenvalue weighted by Crippen LogP contribution is 2.25. The van der Waals surface area contributed by atoms with Crippen molar-refractivity contribution in [1.29, 1.82) is 0 Å². The maximum atomic E-state index is 12.9. The fourth-order valence-corrected chi connectivity index (χ4v) is 4.19. The van der Waals surface area contributed by atoms with Crippen LogP contribution in [0.4, 0.5) is 5.69 Å². The van der Waals surface area contributed by atoms with Crippen molar-refractivity contribution in [2.75, 3.05) is 38.1 Å². The Bertz CT molecular complexity index is 1030. The van der Waals surface area contributed by atoms with Crippen molar-refractivity contribution in [2.45, 2.75) is 40.0 Å². The summed E-state index contributed by atoms with van der Waals surface area (Å²) in [4.78, 5) is 12.6. The van der Waals surface area contributed by atoms with Crippen LogP contribution in [0, 0.1) is 13.8 Å². The number of hydrogen-bond donors (Lipinski definition) is 1. The third-order valence-corrected chi connectivity index (χ3v) is 6.88. The van der Waals surface area contributed by atoms with Gasteiger partial charge in [-0.3, -0.25) is 4.79 Å². The summed E-state index contributed by atoms with van der Waals surface area (Å²) in [6, 6.07) is 13.4. The maximum absolute atomic E-state index is 12.9. The minimum Gasteiger partial charge on any atom is -0.492 e. The molecule has 2 aromatic rings. The zero-order valence-corrected chi connectivity index (χ0v) is 20.9. The van der Waals surface area contributed by atoms with Crippen LogP contribution in [0.1, 0.15) is 37.5 Å². The molecule has 1 amide bonds. The van der Waals surface area contributed by atoms with Gasteiger partial charge in [0.15, 0.2) is 0 Å². The molecule has 2 rings (SSSR count). The summed E-state index contributed by atoms with van der Waals surface area (Å²) in [5, 5.41) is 2.75. The fraction of sp³-hybridized carbons (Fsp3) is 0.458. The van der Waals surface area contributed by atoms with Crippen molar-refractivity contribution in [3.63, 3.8) is 0 Å². The highest BCUT2D eigenvalue weighted by molar-refractivity contribution is 7.90. The Balaban J connectivity index is 1.99. The molecular weight excluding hydrogens is 426 g/mol. The van der Waals surface area contributed by atoms with E-state index in [4.69, 9.17) is 4.74 Å². The van der Waals surface area contributed by atoms with Crippen LogP contribution in [0.3, 0.4) is 0 Å². The Labute approximate surface area is 192 Å². The number of rotatable bonds is 9. The molecule has 0 radical (unpaired) electrons. The summed E-state index contributed by atoms with van der Waals surface area (Å²) >= 11 is 0. The second kappa shape index (κ2) is 10.4. The number of nitrogens with zero attached hydrogens (tertiary/aromatic N) is 2. The molecule has 0 aliphatic carbocycles. The van der Waals surface area contributed by atoms with E-state index in [2.05, 4.69) is 26.1 Å². The van der Waals surface area contributed by atoms with Gasteiger partial charge in [0.25, 0.3) is 0 Å². The zero-order chi connectivity index (χ0) is 24.1. The van der Waals surface area contributed by atoms with E-state index in [0.717, 1.165) is 25.5 Å². The molecule has 0 saturated heterocycles. The first-order valence-electron chi connectivity index (χ1n) is 10.6. The summed E-state index contributed by atoms with van der Waals surface area (Å²) in [5.74, 6) is 0.322. The van der Waals surface area contributed by atoms with E-state index >= 15 is 0 Å². The van der Waals surface area contributed by atoms with E-state index in [0.29, 0.717) is 5.69 Å². The number of ether oxygens (including phenoxy) is 1. The fourth-order valence-electron chi connectivity index (χ4n) is 3.07. The van der Waals surface area contributed by atoms with Gasteiger partial charge in [-0.15, -0.1) is 0 Å². The van der Waals surface area contributed by atoms with Crippen LogP contribution in [0.15, 0.2) is 42.5 Å². The number of nitrogens with one attached hydrogen (secondary N) is 1. The molecule has 0 atom stereocenters. The number of amides is 1. The highest BCUT2D eigenvalue weighted by atomic mass is 32.2. The van der Waals surface area contributed by atoms with Gasteiger partial charge in [-0.05, 0) is 54.2 Å². The van der Waals surface area contributed by atoms with E-state index in [1.54, 1.807) is 6.07 Å². The molecule has 7 nitrogen and oxygen atoms in total. The van der Waals surface area contributed by atoms with Gasteiger partial charge in [-0.1, -0.05) is 45.0 Å². The SMILES string of the molecule is Cc1ccc(C)c(N(CC(=O)NCCOc2ccc(C(C)(C)C)cc2)S(=O)(=O)N(C)C)c1. The summed E-state index contributed by atoms with van der Waals surface area (Å²) in [6.07, 6.45) is 0. The second-order valence-electron chi connectivity index (χ2n) is 9.06. The average molecular weight is 462 g/mol. The normalized spacial score (nSPS) is 12.0. The van der Waals surface area contributed by atoms with Gasteiger partial charge < -0.3 is 10.1 Å². The average Bonchev–Trinajstić information content (AvgIpc) is 2.71. The zero-order valence-electron chi connectivity index (χ0n) is 20.1. The predicted molar refractivity (Wildman–Crippen MR) is 130 cm³/mol. The molecule has 0 aromatic heterocycles. The van der Waals surface area contributed by atoms with Crippen LogP contribution < -0.4 is 14.4 Å². The minimum atomic E-state index is -3.84. The van der Waals surface area contributed by atoms with Gasteiger partial charge in [0.1, 0.15) is 18.9 Å². The molecule has 176 valence electrons. The van der Waals surface area contributed by atoms with E-state index in [1.807, 2.05) is 50.2 Å². The Morgan fingerprint density at radius 2 is 1.66 bits per heavy atom. The third kappa shape index (κ3) is 6.71. The van der Waals surface area contributed by atoms with Crippen molar-refractivity contribution >= 4 is 21.8 Å². The van der Waals surface area contributed by atoms with Gasteiger partial charge in [-0.2, -0.15) is 12.7 Å². The molecule has 0 bridgehead atoms. The van der Waals surface area contributed by atoms with Crippen LogP contribution >= 0.6 is 0 Å². The number of carbonyl (C=O) groups is 1. The molecule has 0 heterocycles. The van der Waals surface area contributed by atoms with Gasteiger partial charge in [-0.25, -0.2) is 4.31 Å². The van der Waals surface area contributed by atoms with Gasteiger partial charge in [0.2, 0.25) is 5.91 Å². The number of benzene rings is 2. The van der Waals surface area contributed by atoms with Gasteiger partial charge >= 0.3 is 10.2 Å². The predicted octanol–water partition coefficient (Wildman–Crippen LogP) is 3.41. The summed E-state index contributed by atoms with van der Waals surface area (Å²) < 4.78 is 33.7. The molecule has 2 aromatic carbocycles. The molecule has 32 heavy (non-hydrogen) atoms. The lowest BCUT2D eigenvalue weighted by Crippen LogP contribution is -2.46. The second-order valence-corrected chi connectivity index (χ2v) is 11.1. The summed E-state index contributed by atoms with van der Waals surface area (Å²) in [6.45, 7) is 10.4. The molecule has 0 aliphatic rings. The van der Waals surface area contributed by atoms with E-state index in [-0.39, 0.29) is 25.1 Å². The first-order chi connectivity index (χ1) is 14.8. The molecule has 8 heteroatoms. The minimum absolute atomic E-state index is 0.0704. The summed E-state index contributed by atoms with van der Waals surface area (Å²) in [7, 11) is -0.944. The molecule has 1 N–H and O–H groups in total. The molecule has 0 spiro atoms. The van der Waals surface area contributed by atoms with Crippen molar-refractivity contribution in [3.05, 3.63) is 59.2 Å². The van der Waals surface area contributed by atoms with Crippen molar-refractivity contribution in [3.8, 4) is 5.75 Å². The number of anilines is 1. The summed E-state index contributed by atoms with van der Waals surface area (Å²) in [5.41, 5.74) is 3.46. The monoisotopic (exact) mass is 461 g/mol. The quantitative estimate of drug-likeness (QED) is 0.581. The topological polar surface area (TPSA) is 79.0 Å². The van der Waals surface area contributed by atoms with E-state index in [1.165, 1.54) is 19.7 Å². The highest BCUT2D eigenvalue weighted by Gasteiger charge is 2.28. The van der Waals surface area contributed by atoms with Gasteiger partial charge in [0.05, 0.1) is 12.2 Å². The van der Waals surface area contributed by atoms with Crippen LogP contribution in [0.25, 0.3) is 0 Å². The standard InChI is InChI=1S/C24H35N3O4S/c1-18-8-9-19(2)22(16-18)27(32(29,30)26(6)7)17-23(28)25-14-15-31-21-12-10-20(11-13-21)24(3,4)5/h8-13,16H,14-15,17H2,1-7H3,(H,25,28). The lowest BCUT2D eigenvalue weighted by atomic mass is 9.87. The molecule has 0 fully saturated rings. The van der Waals surface area contributed by atoms with Crippen LogP contribution in [-0.4, -0.2) is 52.4 Å². The molecule has 0 unspecified atom stereocenters. The Hall–Kier alpha value is -2.58. The maximum Gasteiger partial charge on any atom is 0.304 e. The van der Waals surface area contributed by atoms with Crippen molar-refractivity contribution in [2.24, 2.45) is 0 Å². The number of hydrogen-bond acceptors (Lipinski definition) is 4. The first-order valence-corrected chi connectivity index (χ1v) is 12.0. The van der Waals surface area contributed by atoms with Crippen molar-refractivity contribution < 1.29 is 17.9 Å². The Morgan fingerprint density at radius 1 is 1.03 bits per heavy atom. The molecular formula is C24H35N3O4S. The first kappa shape index (κ1) is 25.7. The Kier molecular flexibility index (Phi) is 8.31. The third-order valence-electron chi connectivity index (χ3n) is 5.07. The van der Waals surface area contributed by atoms with Crippen LogP contribution in [0.2, 0.25) is 0 Å². The van der Waals surface area contributed by atoms with E-state index < -0.39 is 16.1 Å². The Morgan fingerprint density at radius 3 is 2.22 bits per heavy atom. The van der Waals surface area contributed by atoms with E-state index in [9.17, 15) is 13.2 Å². The lowest BCUT2D eigenvalue weighted by molar-refractivity contribution is -0.119. The lowest BCUT2D eigenvalue weighted by Gasteiger charge is -2.28. The molecule has 0 saturated carbocycles. The van der Waals surface area contributed by atoms with Crippen LogP contribution in [-0.2, 0) is 20.4 Å². The van der Waals surface area contributed by atoms with Crippen LogP contribution in [0.5, 0.6) is 5.75 Å². The van der Waals surface area contributed by atoms with Crippen molar-refractivity contribution in [1.82, 2.24) is 9.62 Å². The number of aryl methyl sites for hydroxylation is 2. The number of carbonyl (C=O) groups excluding carboxylic acids is 1. The smallest absolute Gasteiger partial charge is 0.304 e. The largest absolute Gasteiger partial charge is 0.492 e.